The maximum atomic E-state index is 11.0. The molecule has 0 aromatic carbocycles. The molecular formula is C10H5Cl2N3O3. The second-order valence-electron chi connectivity index (χ2n) is 3.10. The molecule has 0 radical (unpaired) electrons. The van der Waals surface area contributed by atoms with E-state index in [1.54, 1.807) is 0 Å². The number of hydrogen-bond donors (Lipinski definition) is 1. The molecule has 2 heterocycles. The van der Waals surface area contributed by atoms with Crippen LogP contribution in [0.15, 0.2) is 24.5 Å². The third kappa shape index (κ3) is 2.66. The number of hydrogen-bond acceptors (Lipinski definition) is 5. The summed E-state index contributed by atoms with van der Waals surface area (Å²) in [4.78, 5) is 14.7. The van der Waals surface area contributed by atoms with Gasteiger partial charge in [-0.2, -0.15) is 0 Å². The molecule has 8 heteroatoms. The van der Waals surface area contributed by atoms with Crippen LogP contribution in [0.2, 0.25) is 10.3 Å². The third-order valence-electron chi connectivity index (χ3n) is 1.92. The van der Waals surface area contributed by atoms with Crippen LogP contribution in [-0.4, -0.2) is 26.3 Å². The van der Waals surface area contributed by atoms with Gasteiger partial charge in [-0.15, -0.1) is 10.2 Å². The van der Waals surface area contributed by atoms with E-state index in [1.807, 2.05) is 0 Å². The van der Waals surface area contributed by atoms with E-state index in [9.17, 15) is 4.79 Å². The smallest absolute Gasteiger partial charge is 0.339 e. The summed E-state index contributed by atoms with van der Waals surface area (Å²) >= 11 is 11.4. The SMILES string of the molecule is O=C(O)c1ccncc1Oc1cc(Cl)nnc1Cl. The lowest BCUT2D eigenvalue weighted by Gasteiger charge is -2.08. The Morgan fingerprint density at radius 1 is 1.28 bits per heavy atom. The van der Waals surface area contributed by atoms with Gasteiger partial charge in [-0.1, -0.05) is 23.2 Å². The first kappa shape index (κ1) is 12.5. The topological polar surface area (TPSA) is 85.2 Å². The summed E-state index contributed by atoms with van der Waals surface area (Å²) in [6.45, 7) is 0. The van der Waals surface area contributed by atoms with E-state index >= 15 is 0 Å². The highest BCUT2D eigenvalue weighted by atomic mass is 35.5. The van der Waals surface area contributed by atoms with Gasteiger partial charge in [0.05, 0.1) is 6.20 Å². The van der Waals surface area contributed by atoms with Crippen molar-refractivity contribution in [2.24, 2.45) is 0 Å². The number of carboxylic acid groups (broad SMARTS) is 1. The van der Waals surface area contributed by atoms with Crippen molar-refractivity contribution < 1.29 is 14.6 Å². The maximum Gasteiger partial charge on any atom is 0.339 e. The average molecular weight is 286 g/mol. The summed E-state index contributed by atoms with van der Waals surface area (Å²) in [6.07, 6.45) is 2.60. The molecule has 1 N–H and O–H groups in total. The highest BCUT2D eigenvalue weighted by molar-refractivity contribution is 6.32. The molecule has 0 bridgehead atoms. The number of nitrogens with zero attached hydrogens (tertiary/aromatic N) is 3. The molecule has 0 saturated carbocycles. The molecule has 0 spiro atoms. The standard InChI is InChI=1S/C10H5Cl2N3O3/c11-8-3-6(9(12)15-14-8)18-7-4-13-2-1-5(7)10(16)17/h1-4H,(H,16,17). The molecule has 2 rings (SSSR count). The number of pyridine rings is 1. The van der Waals surface area contributed by atoms with E-state index in [-0.39, 0.29) is 27.4 Å². The van der Waals surface area contributed by atoms with Crippen molar-refractivity contribution in [2.75, 3.05) is 0 Å². The fourth-order valence-electron chi connectivity index (χ4n) is 1.17. The number of halogens is 2. The summed E-state index contributed by atoms with van der Waals surface area (Å²) in [5, 5.41) is 16.1. The molecule has 0 atom stereocenters. The van der Waals surface area contributed by atoms with Crippen LogP contribution >= 0.6 is 23.2 Å². The van der Waals surface area contributed by atoms with E-state index in [4.69, 9.17) is 33.0 Å². The minimum atomic E-state index is -1.14. The monoisotopic (exact) mass is 285 g/mol. The van der Waals surface area contributed by atoms with Gasteiger partial charge < -0.3 is 9.84 Å². The van der Waals surface area contributed by atoms with Crippen LogP contribution in [0.25, 0.3) is 0 Å². The molecule has 0 saturated heterocycles. The van der Waals surface area contributed by atoms with Crippen LogP contribution in [0.4, 0.5) is 0 Å². The van der Waals surface area contributed by atoms with E-state index in [0.717, 1.165) is 0 Å². The van der Waals surface area contributed by atoms with Crippen LogP contribution in [0.3, 0.4) is 0 Å². The fraction of sp³-hybridized carbons (Fsp3) is 0. The number of carboxylic acids is 1. The Morgan fingerprint density at radius 2 is 2.06 bits per heavy atom. The molecule has 2 aromatic heterocycles. The predicted molar refractivity (Wildman–Crippen MR) is 63.3 cm³/mol. The summed E-state index contributed by atoms with van der Waals surface area (Å²) < 4.78 is 5.32. The van der Waals surface area contributed by atoms with Gasteiger partial charge in [-0.05, 0) is 6.07 Å². The Morgan fingerprint density at radius 3 is 2.78 bits per heavy atom. The first-order chi connectivity index (χ1) is 8.58. The summed E-state index contributed by atoms with van der Waals surface area (Å²) in [6, 6.07) is 2.64. The number of ether oxygens (including phenoxy) is 1. The van der Waals surface area contributed by atoms with Crippen LogP contribution < -0.4 is 4.74 Å². The zero-order valence-electron chi connectivity index (χ0n) is 8.67. The summed E-state index contributed by atoms with van der Waals surface area (Å²) in [7, 11) is 0. The van der Waals surface area contributed by atoms with Crippen molar-refractivity contribution in [3.8, 4) is 11.5 Å². The lowest BCUT2D eigenvalue weighted by Crippen LogP contribution is -2.01. The largest absolute Gasteiger partial charge is 0.478 e. The maximum absolute atomic E-state index is 11.0. The molecule has 0 amide bonds. The number of aromatic nitrogens is 3. The van der Waals surface area contributed by atoms with Crippen molar-refractivity contribution in [1.29, 1.82) is 0 Å². The highest BCUT2D eigenvalue weighted by Crippen LogP contribution is 2.30. The Kier molecular flexibility index (Phi) is 3.59. The third-order valence-corrected chi connectivity index (χ3v) is 2.37. The quantitative estimate of drug-likeness (QED) is 0.933. The van der Waals surface area contributed by atoms with E-state index in [0.29, 0.717) is 0 Å². The zero-order chi connectivity index (χ0) is 13.1. The molecular weight excluding hydrogens is 281 g/mol. The first-order valence-electron chi connectivity index (χ1n) is 4.62. The van der Waals surface area contributed by atoms with Gasteiger partial charge in [0.25, 0.3) is 0 Å². The molecule has 18 heavy (non-hydrogen) atoms. The van der Waals surface area contributed by atoms with Gasteiger partial charge in [-0.25, -0.2) is 4.79 Å². The Bertz CT molecular complexity index is 607. The van der Waals surface area contributed by atoms with Crippen LogP contribution in [0.1, 0.15) is 10.4 Å². The van der Waals surface area contributed by atoms with Crippen LogP contribution in [0, 0.1) is 0 Å². The molecule has 0 fully saturated rings. The van der Waals surface area contributed by atoms with E-state index < -0.39 is 5.97 Å². The second kappa shape index (κ2) is 5.16. The van der Waals surface area contributed by atoms with Crippen molar-refractivity contribution >= 4 is 29.2 Å². The molecule has 2 aromatic rings. The second-order valence-corrected chi connectivity index (χ2v) is 3.85. The van der Waals surface area contributed by atoms with Gasteiger partial charge in [0.15, 0.2) is 21.8 Å². The lowest BCUT2D eigenvalue weighted by atomic mass is 10.2. The minimum Gasteiger partial charge on any atom is -0.478 e. The van der Waals surface area contributed by atoms with Crippen molar-refractivity contribution in [1.82, 2.24) is 15.2 Å². The molecule has 0 aliphatic carbocycles. The first-order valence-corrected chi connectivity index (χ1v) is 5.37. The minimum absolute atomic E-state index is 0.0282. The van der Waals surface area contributed by atoms with Crippen molar-refractivity contribution in [3.63, 3.8) is 0 Å². The van der Waals surface area contributed by atoms with Crippen molar-refractivity contribution in [2.45, 2.75) is 0 Å². The molecule has 6 nitrogen and oxygen atoms in total. The van der Waals surface area contributed by atoms with Crippen LogP contribution in [-0.2, 0) is 0 Å². The number of carbonyl (C=O) groups is 1. The molecule has 0 unspecified atom stereocenters. The van der Waals surface area contributed by atoms with Gasteiger partial charge in [0, 0.05) is 12.3 Å². The molecule has 92 valence electrons. The Balaban J connectivity index is 2.40. The molecule has 0 aliphatic rings. The fourth-order valence-corrected chi connectivity index (χ4v) is 1.43. The number of rotatable bonds is 3. The van der Waals surface area contributed by atoms with Gasteiger partial charge >= 0.3 is 5.97 Å². The van der Waals surface area contributed by atoms with Gasteiger partial charge in [-0.3, -0.25) is 4.98 Å². The van der Waals surface area contributed by atoms with Crippen molar-refractivity contribution in [3.05, 3.63) is 40.4 Å². The van der Waals surface area contributed by atoms with Gasteiger partial charge in [0.2, 0.25) is 0 Å². The Labute approximate surface area is 111 Å². The normalized spacial score (nSPS) is 10.1. The average Bonchev–Trinajstić information content (AvgIpc) is 2.34. The Hall–Kier alpha value is -1.92. The zero-order valence-corrected chi connectivity index (χ0v) is 10.2. The lowest BCUT2D eigenvalue weighted by molar-refractivity contribution is 0.0694. The molecule has 0 aliphatic heterocycles. The summed E-state index contributed by atoms with van der Waals surface area (Å²) in [5.41, 5.74) is -0.0472. The van der Waals surface area contributed by atoms with Crippen LogP contribution in [0.5, 0.6) is 11.5 Å². The summed E-state index contributed by atoms with van der Waals surface area (Å²) in [5.74, 6) is -1.00. The highest BCUT2D eigenvalue weighted by Gasteiger charge is 2.14. The van der Waals surface area contributed by atoms with E-state index in [1.165, 1.54) is 24.5 Å². The number of aromatic carboxylic acids is 1. The van der Waals surface area contributed by atoms with E-state index in [2.05, 4.69) is 15.2 Å². The predicted octanol–water partition coefficient (Wildman–Crippen LogP) is 2.67. The van der Waals surface area contributed by atoms with Gasteiger partial charge in [0.1, 0.15) is 5.56 Å².